The molecule has 4 rings (SSSR count). The zero-order chi connectivity index (χ0) is 27.5. The van der Waals surface area contributed by atoms with Crippen molar-refractivity contribution in [2.45, 2.75) is 37.9 Å². The van der Waals surface area contributed by atoms with E-state index in [4.69, 9.17) is 5.14 Å². The van der Waals surface area contributed by atoms with Crippen LogP contribution in [0.15, 0.2) is 61.2 Å². The minimum absolute atomic E-state index is 0.211. The second-order valence-electron chi connectivity index (χ2n) is 8.94. The van der Waals surface area contributed by atoms with Crippen LogP contribution in [-0.2, 0) is 21.0 Å². The van der Waals surface area contributed by atoms with Gasteiger partial charge in [-0.1, -0.05) is 12.1 Å². The molecule has 1 aliphatic rings. The molecule has 0 aliphatic heterocycles. The van der Waals surface area contributed by atoms with Crippen LogP contribution < -0.4 is 15.2 Å². The molecule has 1 saturated carbocycles. The van der Waals surface area contributed by atoms with Crippen molar-refractivity contribution in [3.05, 3.63) is 77.9 Å². The number of halogens is 3. The smallest absolute Gasteiger partial charge is 0.406 e. The molecular weight excluding hydrogens is 529 g/mol. The molecule has 0 bridgehead atoms. The summed E-state index contributed by atoms with van der Waals surface area (Å²) in [5.41, 5.74) is 1.66. The maximum absolute atomic E-state index is 13.3. The van der Waals surface area contributed by atoms with E-state index in [1.807, 2.05) is 0 Å². The van der Waals surface area contributed by atoms with Crippen molar-refractivity contribution in [2.75, 3.05) is 11.9 Å². The zero-order valence-corrected chi connectivity index (χ0v) is 20.7. The predicted molar refractivity (Wildman–Crippen MR) is 130 cm³/mol. The fourth-order valence-electron chi connectivity index (χ4n) is 4.38. The number of anilines is 1. The van der Waals surface area contributed by atoms with Crippen LogP contribution in [0.1, 0.15) is 34.3 Å². The van der Waals surface area contributed by atoms with Gasteiger partial charge in [-0.15, -0.1) is 13.2 Å². The first kappa shape index (κ1) is 27.6. The second kappa shape index (κ2) is 11.1. The molecule has 1 aromatic carbocycles. The summed E-state index contributed by atoms with van der Waals surface area (Å²) < 4.78 is 69.9. The maximum Gasteiger partial charge on any atom is 0.573 e. The molecule has 1 fully saturated rings. The number of alkyl halides is 3. The van der Waals surface area contributed by atoms with Gasteiger partial charge in [0.15, 0.2) is 5.78 Å². The zero-order valence-electron chi connectivity index (χ0n) is 19.8. The Labute approximate surface area is 216 Å². The number of rotatable bonds is 10. The van der Waals surface area contributed by atoms with Crippen LogP contribution in [0.25, 0.3) is 0 Å². The van der Waals surface area contributed by atoms with E-state index in [-0.39, 0.29) is 36.3 Å². The van der Waals surface area contributed by atoms with Gasteiger partial charge in [-0.25, -0.2) is 5.14 Å². The highest BCUT2D eigenvalue weighted by molar-refractivity contribution is 7.84. The third kappa shape index (κ3) is 7.54. The lowest BCUT2D eigenvalue weighted by atomic mass is 10.1. The highest BCUT2D eigenvalue weighted by Crippen LogP contribution is 2.31. The number of aromatic nitrogens is 2. The van der Waals surface area contributed by atoms with E-state index >= 15 is 0 Å². The fraction of sp³-hybridized carbons (Fsp3) is 0.333. The Hall–Kier alpha value is -3.46. The Balaban J connectivity index is 1.43. The number of pyridine rings is 1. The highest BCUT2D eigenvalue weighted by Gasteiger charge is 2.34. The number of nitrogens with two attached hydrogens (primary N) is 1. The van der Waals surface area contributed by atoms with Crippen molar-refractivity contribution in [3.63, 3.8) is 0 Å². The molecule has 2 heterocycles. The molecular formula is C24H25F3N4O6S. The van der Waals surface area contributed by atoms with Gasteiger partial charge in [0, 0.05) is 54.5 Å². The summed E-state index contributed by atoms with van der Waals surface area (Å²) in [7, 11) is -4.13. The Morgan fingerprint density at radius 2 is 2.03 bits per heavy atom. The molecule has 0 spiro atoms. The number of ether oxygens (including phenoxy) is 1. The van der Waals surface area contributed by atoms with E-state index in [2.05, 4.69) is 19.2 Å². The Morgan fingerprint density at radius 1 is 1.24 bits per heavy atom. The molecule has 3 atom stereocenters. The standard InChI is InChI=1S/C24H25F3N4O6S/c25-24(26,27)37-19-3-1-2-15(8-19)12-31-7-5-16(13-31)23(33)20-11-29-6-4-21(20)30-18-9-17(22(32)10-18)14-36-38(28,34)35/h1-8,11,13,17-18,22,32H,9-10,12,14H2,(H,29,30)(H2,28,34,35). The first-order valence-corrected chi connectivity index (χ1v) is 12.9. The van der Waals surface area contributed by atoms with Crippen LogP contribution in [0.4, 0.5) is 18.9 Å². The quantitative estimate of drug-likeness (QED) is 0.325. The number of carbonyl (C=O) groups is 1. The number of benzene rings is 1. The molecule has 0 saturated heterocycles. The Bertz CT molecular complexity index is 1400. The Morgan fingerprint density at radius 3 is 2.76 bits per heavy atom. The van der Waals surface area contributed by atoms with E-state index in [0.29, 0.717) is 29.7 Å². The van der Waals surface area contributed by atoms with Gasteiger partial charge in [0.2, 0.25) is 0 Å². The number of aliphatic hydroxyl groups is 1. The number of nitrogens with zero attached hydrogens (tertiary/aromatic N) is 2. The third-order valence-electron chi connectivity index (χ3n) is 6.04. The first-order valence-electron chi connectivity index (χ1n) is 11.5. The fourth-order valence-corrected chi connectivity index (χ4v) is 4.75. The summed E-state index contributed by atoms with van der Waals surface area (Å²) in [6.07, 6.45) is 1.22. The summed E-state index contributed by atoms with van der Waals surface area (Å²) in [5, 5.41) is 18.4. The van der Waals surface area contributed by atoms with Crippen molar-refractivity contribution in [3.8, 4) is 5.75 Å². The van der Waals surface area contributed by atoms with Gasteiger partial charge in [-0.05, 0) is 42.7 Å². The molecule has 14 heteroatoms. The molecule has 2 aromatic heterocycles. The lowest BCUT2D eigenvalue weighted by molar-refractivity contribution is -0.274. The van der Waals surface area contributed by atoms with E-state index in [1.165, 1.54) is 30.6 Å². The second-order valence-corrected chi connectivity index (χ2v) is 10.2. The van der Waals surface area contributed by atoms with Crippen LogP contribution in [0.5, 0.6) is 5.75 Å². The molecule has 4 N–H and O–H groups in total. The topological polar surface area (TPSA) is 146 Å². The van der Waals surface area contributed by atoms with Crippen LogP contribution in [0.2, 0.25) is 0 Å². The monoisotopic (exact) mass is 554 g/mol. The van der Waals surface area contributed by atoms with Crippen molar-refractivity contribution in [1.82, 2.24) is 9.55 Å². The Kier molecular flexibility index (Phi) is 8.06. The molecule has 204 valence electrons. The van der Waals surface area contributed by atoms with Crippen LogP contribution in [-0.4, -0.2) is 54.0 Å². The predicted octanol–water partition coefficient (Wildman–Crippen LogP) is 2.83. The van der Waals surface area contributed by atoms with Crippen molar-refractivity contribution in [1.29, 1.82) is 0 Å². The van der Waals surface area contributed by atoms with Crippen molar-refractivity contribution >= 4 is 21.8 Å². The molecule has 0 amide bonds. The molecule has 3 unspecified atom stereocenters. The minimum atomic E-state index is -4.79. The van der Waals surface area contributed by atoms with Gasteiger partial charge in [-0.3, -0.25) is 14.0 Å². The maximum atomic E-state index is 13.3. The van der Waals surface area contributed by atoms with Crippen LogP contribution >= 0.6 is 0 Å². The summed E-state index contributed by atoms with van der Waals surface area (Å²) in [4.78, 5) is 17.3. The van der Waals surface area contributed by atoms with Crippen molar-refractivity contribution in [2.24, 2.45) is 11.1 Å². The molecule has 1 aliphatic carbocycles. The largest absolute Gasteiger partial charge is 0.573 e. The molecule has 0 radical (unpaired) electrons. The van der Waals surface area contributed by atoms with E-state index < -0.39 is 28.7 Å². The van der Waals surface area contributed by atoms with Crippen molar-refractivity contribution < 1.29 is 40.4 Å². The molecule has 3 aromatic rings. The molecule has 10 nitrogen and oxygen atoms in total. The average Bonchev–Trinajstić information content (AvgIpc) is 3.42. The number of nitrogens with one attached hydrogen (secondary N) is 1. The molecule has 38 heavy (non-hydrogen) atoms. The average molecular weight is 555 g/mol. The number of hydrogen-bond donors (Lipinski definition) is 3. The van der Waals surface area contributed by atoms with E-state index in [0.717, 1.165) is 0 Å². The number of ketones is 1. The van der Waals surface area contributed by atoms with Crippen LogP contribution in [0.3, 0.4) is 0 Å². The van der Waals surface area contributed by atoms with Gasteiger partial charge in [0.25, 0.3) is 0 Å². The lowest BCUT2D eigenvalue weighted by Gasteiger charge is -2.16. The normalized spacial score (nSPS) is 19.9. The highest BCUT2D eigenvalue weighted by atomic mass is 32.2. The van der Waals surface area contributed by atoms with Gasteiger partial charge < -0.3 is 19.7 Å². The van der Waals surface area contributed by atoms with E-state index in [9.17, 15) is 31.5 Å². The van der Waals surface area contributed by atoms with Gasteiger partial charge in [0.05, 0.1) is 18.3 Å². The summed E-state index contributed by atoms with van der Waals surface area (Å²) in [5.74, 6) is -1.12. The summed E-state index contributed by atoms with van der Waals surface area (Å²) in [6.45, 7) is -0.0402. The van der Waals surface area contributed by atoms with Gasteiger partial charge >= 0.3 is 16.7 Å². The SMILES string of the molecule is NS(=O)(=O)OCC1CC(Nc2ccncc2C(=O)c2ccn(Cc3cccc(OC(F)(F)F)c3)c2)CC1O. The van der Waals surface area contributed by atoms with Crippen LogP contribution in [0, 0.1) is 5.92 Å². The third-order valence-corrected chi connectivity index (χ3v) is 6.50. The first-order chi connectivity index (χ1) is 17.9. The lowest BCUT2D eigenvalue weighted by Crippen LogP contribution is -2.24. The number of aliphatic hydroxyl groups excluding tert-OH is 1. The van der Waals surface area contributed by atoms with Gasteiger partial charge in [-0.2, -0.15) is 8.42 Å². The summed E-state index contributed by atoms with van der Waals surface area (Å²) in [6, 6.07) is 8.53. The number of hydrogen-bond acceptors (Lipinski definition) is 8. The minimum Gasteiger partial charge on any atom is -0.406 e. The van der Waals surface area contributed by atoms with Gasteiger partial charge in [0.1, 0.15) is 5.75 Å². The van der Waals surface area contributed by atoms with E-state index in [1.54, 1.807) is 35.2 Å². The number of carbonyl (C=O) groups excluding carboxylic acids is 1. The summed E-state index contributed by atoms with van der Waals surface area (Å²) >= 11 is 0.